The molecule has 11 heteroatoms. The Labute approximate surface area is 179 Å². The molecule has 1 saturated heterocycles. The maximum Gasteiger partial charge on any atom is 0.284 e. The van der Waals surface area contributed by atoms with Crippen molar-refractivity contribution in [1.82, 2.24) is 20.1 Å². The summed E-state index contributed by atoms with van der Waals surface area (Å²) in [5.74, 6) is -1.42. The van der Waals surface area contributed by atoms with Crippen molar-refractivity contribution in [3.05, 3.63) is 76.1 Å². The molecule has 166 valence electrons. The van der Waals surface area contributed by atoms with Crippen LogP contribution in [0.5, 0.6) is 0 Å². The highest BCUT2D eigenvalue weighted by atomic mass is 19.3. The third-order valence-corrected chi connectivity index (χ3v) is 4.88. The molecule has 0 radical (unpaired) electrons. The number of carbonyl (C=O) groups is 1. The van der Waals surface area contributed by atoms with Gasteiger partial charge >= 0.3 is 0 Å². The molecule has 0 unspecified atom stereocenters. The van der Waals surface area contributed by atoms with Crippen LogP contribution in [-0.4, -0.2) is 51.1 Å². The summed E-state index contributed by atoms with van der Waals surface area (Å²) in [4.78, 5) is 29.5. The molecule has 2 atom stereocenters. The highest BCUT2D eigenvalue weighted by Crippen LogP contribution is 2.21. The van der Waals surface area contributed by atoms with Crippen molar-refractivity contribution >= 4 is 5.91 Å². The smallest absolute Gasteiger partial charge is 0.284 e. The van der Waals surface area contributed by atoms with Gasteiger partial charge in [-0.1, -0.05) is 6.07 Å². The maximum absolute atomic E-state index is 13.8. The van der Waals surface area contributed by atoms with E-state index in [9.17, 15) is 27.9 Å². The summed E-state index contributed by atoms with van der Waals surface area (Å²) in [7, 11) is 0. The summed E-state index contributed by atoms with van der Waals surface area (Å²) >= 11 is 0. The van der Waals surface area contributed by atoms with Crippen LogP contribution >= 0.6 is 0 Å². The van der Waals surface area contributed by atoms with Crippen LogP contribution in [0, 0.1) is 5.82 Å². The Morgan fingerprint density at radius 3 is 2.66 bits per heavy atom. The SMILES string of the molecule is O=C(N[C@H]1COC[C@H]1O)c1cc(-c2ccc(C(F)F)nc2)nn(-c2cccc(F)c2)c1=O. The summed E-state index contributed by atoms with van der Waals surface area (Å²) in [6.07, 6.45) is -2.56. The number of nitrogens with zero attached hydrogens (tertiary/aromatic N) is 3. The summed E-state index contributed by atoms with van der Waals surface area (Å²) in [5, 5.41) is 16.6. The predicted octanol–water partition coefficient (Wildman–Crippen LogP) is 1.86. The zero-order chi connectivity index (χ0) is 22.8. The van der Waals surface area contributed by atoms with E-state index in [1.54, 1.807) is 0 Å². The first-order valence-electron chi connectivity index (χ1n) is 9.55. The number of nitrogens with one attached hydrogen (secondary N) is 1. The van der Waals surface area contributed by atoms with Crippen LogP contribution in [0.3, 0.4) is 0 Å². The van der Waals surface area contributed by atoms with Gasteiger partial charge < -0.3 is 15.2 Å². The molecular formula is C21H17F3N4O4. The van der Waals surface area contributed by atoms with Gasteiger partial charge in [-0.25, -0.2) is 13.2 Å². The molecule has 4 rings (SSSR count). The number of aromatic nitrogens is 3. The fourth-order valence-corrected chi connectivity index (χ4v) is 3.19. The first kappa shape index (κ1) is 21.7. The van der Waals surface area contributed by atoms with Crippen LogP contribution < -0.4 is 10.9 Å². The number of amides is 1. The van der Waals surface area contributed by atoms with Gasteiger partial charge in [0.05, 0.1) is 36.7 Å². The predicted molar refractivity (Wildman–Crippen MR) is 106 cm³/mol. The minimum atomic E-state index is -2.76. The Bertz CT molecular complexity index is 1200. The molecule has 3 aromatic rings. The first-order valence-corrected chi connectivity index (χ1v) is 9.55. The molecule has 2 N–H and O–H groups in total. The van der Waals surface area contributed by atoms with Crippen molar-refractivity contribution in [2.45, 2.75) is 18.6 Å². The molecule has 1 amide bonds. The normalized spacial score (nSPS) is 18.2. The summed E-state index contributed by atoms with van der Waals surface area (Å²) < 4.78 is 45.4. The summed E-state index contributed by atoms with van der Waals surface area (Å²) in [6.45, 7) is 0.115. The lowest BCUT2D eigenvalue weighted by atomic mass is 10.1. The monoisotopic (exact) mass is 446 g/mol. The van der Waals surface area contributed by atoms with Crippen LogP contribution in [0.2, 0.25) is 0 Å². The standard InChI is InChI=1S/C21H17F3N4O4/c22-12-2-1-3-13(6-12)28-21(31)14(20(30)26-17-9-32-10-18(17)29)7-16(27-28)11-4-5-15(19(23)24)25-8-11/h1-8,17-19,29H,9-10H2,(H,26,30)/t17-,18+/m0/s1. The van der Waals surface area contributed by atoms with Crippen molar-refractivity contribution in [3.8, 4) is 16.9 Å². The lowest BCUT2D eigenvalue weighted by molar-refractivity contribution is 0.0884. The molecule has 1 fully saturated rings. The minimum Gasteiger partial charge on any atom is -0.388 e. The molecule has 0 spiro atoms. The molecule has 0 saturated carbocycles. The van der Waals surface area contributed by atoms with E-state index in [1.165, 1.54) is 30.3 Å². The van der Waals surface area contributed by atoms with Crippen molar-refractivity contribution < 1.29 is 27.8 Å². The van der Waals surface area contributed by atoms with Gasteiger partial charge in [-0.3, -0.25) is 14.6 Å². The molecule has 2 aromatic heterocycles. The van der Waals surface area contributed by atoms with E-state index in [2.05, 4.69) is 15.4 Å². The van der Waals surface area contributed by atoms with Gasteiger partial charge in [-0.2, -0.15) is 9.78 Å². The van der Waals surface area contributed by atoms with E-state index in [1.807, 2.05) is 0 Å². The molecule has 3 heterocycles. The molecule has 0 aliphatic carbocycles. The molecule has 1 aliphatic rings. The zero-order valence-electron chi connectivity index (χ0n) is 16.4. The van der Waals surface area contributed by atoms with Crippen molar-refractivity contribution in [3.63, 3.8) is 0 Å². The van der Waals surface area contributed by atoms with Crippen LogP contribution in [0.15, 0.2) is 53.5 Å². The lowest BCUT2D eigenvalue weighted by Crippen LogP contribution is -2.44. The minimum absolute atomic E-state index is 0.0439. The van der Waals surface area contributed by atoms with Crippen molar-refractivity contribution in [2.75, 3.05) is 13.2 Å². The molecular weight excluding hydrogens is 429 g/mol. The first-order chi connectivity index (χ1) is 15.3. The number of hydrogen-bond donors (Lipinski definition) is 2. The number of alkyl halides is 2. The number of ether oxygens (including phenoxy) is 1. The second-order valence-electron chi connectivity index (χ2n) is 7.10. The Kier molecular flexibility index (Phi) is 6.01. The number of hydrogen-bond acceptors (Lipinski definition) is 6. The number of rotatable bonds is 5. The van der Waals surface area contributed by atoms with Gasteiger partial charge in [0.1, 0.15) is 17.1 Å². The zero-order valence-corrected chi connectivity index (χ0v) is 16.4. The lowest BCUT2D eigenvalue weighted by Gasteiger charge is -2.16. The average Bonchev–Trinajstić information content (AvgIpc) is 3.18. The highest BCUT2D eigenvalue weighted by molar-refractivity contribution is 5.95. The number of aliphatic hydroxyl groups excluding tert-OH is 1. The number of aliphatic hydroxyl groups is 1. The van der Waals surface area contributed by atoms with E-state index in [0.29, 0.717) is 0 Å². The Hall–Kier alpha value is -3.57. The van der Waals surface area contributed by atoms with Crippen molar-refractivity contribution in [2.24, 2.45) is 0 Å². The van der Waals surface area contributed by atoms with Crippen molar-refractivity contribution in [1.29, 1.82) is 0 Å². The Balaban J connectivity index is 1.81. The fraction of sp³-hybridized carbons (Fsp3) is 0.238. The van der Waals surface area contributed by atoms with Gasteiger partial charge in [0.25, 0.3) is 17.9 Å². The number of pyridine rings is 1. The molecule has 32 heavy (non-hydrogen) atoms. The van der Waals surface area contributed by atoms with E-state index >= 15 is 0 Å². The van der Waals surface area contributed by atoms with Gasteiger partial charge in [0, 0.05) is 11.8 Å². The van der Waals surface area contributed by atoms with E-state index in [0.717, 1.165) is 23.0 Å². The van der Waals surface area contributed by atoms with E-state index < -0.39 is 41.5 Å². The van der Waals surface area contributed by atoms with E-state index in [-0.39, 0.29) is 35.7 Å². The topological polar surface area (TPSA) is 106 Å². The van der Waals surface area contributed by atoms with Gasteiger partial charge in [0.2, 0.25) is 0 Å². The number of carbonyl (C=O) groups excluding carboxylic acids is 1. The average molecular weight is 446 g/mol. The quantitative estimate of drug-likeness (QED) is 0.620. The fourth-order valence-electron chi connectivity index (χ4n) is 3.19. The van der Waals surface area contributed by atoms with Crippen LogP contribution in [0.25, 0.3) is 16.9 Å². The van der Waals surface area contributed by atoms with Gasteiger partial charge in [-0.15, -0.1) is 0 Å². The molecule has 1 aliphatic heterocycles. The Morgan fingerprint density at radius 1 is 1.22 bits per heavy atom. The molecule has 8 nitrogen and oxygen atoms in total. The third-order valence-electron chi connectivity index (χ3n) is 4.88. The summed E-state index contributed by atoms with van der Waals surface area (Å²) in [6, 6.07) is 7.94. The number of halogens is 3. The van der Waals surface area contributed by atoms with Gasteiger partial charge in [-0.05, 0) is 36.4 Å². The summed E-state index contributed by atoms with van der Waals surface area (Å²) in [5.41, 5.74) is -1.21. The molecule has 1 aromatic carbocycles. The second kappa shape index (κ2) is 8.89. The largest absolute Gasteiger partial charge is 0.388 e. The number of benzene rings is 1. The molecule has 0 bridgehead atoms. The van der Waals surface area contributed by atoms with Crippen LogP contribution in [-0.2, 0) is 4.74 Å². The maximum atomic E-state index is 13.8. The van der Waals surface area contributed by atoms with E-state index in [4.69, 9.17) is 4.74 Å². The third kappa shape index (κ3) is 4.39. The second-order valence-corrected chi connectivity index (χ2v) is 7.10. The Morgan fingerprint density at radius 2 is 2.03 bits per heavy atom. The highest BCUT2D eigenvalue weighted by Gasteiger charge is 2.29. The van der Waals surface area contributed by atoms with Crippen LogP contribution in [0.4, 0.5) is 13.2 Å². The van der Waals surface area contributed by atoms with Crippen LogP contribution in [0.1, 0.15) is 22.5 Å². The van der Waals surface area contributed by atoms with Gasteiger partial charge in [0.15, 0.2) is 0 Å².